The number of ether oxygens (including phenoxy) is 1. The van der Waals surface area contributed by atoms with E-state index < -0.39 is 30.1 Å². The van der Waals surface area contributed by atoms with Crippen LogP contribution in [0, 0.1) is 29.4 Å². The third-order valence-electron chi connectivity index (χ3n) is 4.93. The molecule has 0 aliphatic heterocycles. The highest BCUT2D eigenvalue weighted by atomic mass is 19.1. The van der Waals surface area contributed by atoms with Crippen LogP contribution in [-0.2, 0) is 19.1 Å². The number of hydrogen-bond acceptors (Lipinski definition) is 4. The summed E-state index contributed by atoms with van der Waals surface area (Å²) in [5.41, 5.74) is -0.180. The number of esters is 1. The van der Waals surface area contributed by atoms with Gasteiger partial charge in [0.1, 0.15) is 17.4 Å². The van der Waals surface area contributed by atoms with Gasteiger partial charge in [0.25, 0.3) is 5.91 Å². The normalized spacial score (nSPS) is 25.4. The van der Waals surface area contributed by atoms with Gasteiger partial charge in [-0.15, -0.1) is 0 Å². The van der Waals surface area contributed by atoms with Crippen LogP contribution in [0.3, 0.4) is 0 Å². The van der Waals surface area contributed by atoms with Crippen molar-refractivity contribution in [1.29, 1.82) is 0 Å². The van der Waals surface area contributed by atoms with E-state index in [1.807, 2.05) is 0 Å². The van der Waals surface area contributed by atoms with Crippen molar-refractivity contribution in [2.45, 2.75) is 32.1 Å². The van der Waals surface area contributed by atoms with E-state index in [0.717, 1.165) is 31.4 Å². The summed E-state index contributed by atoms with van der Waals surface area (Å²) < 4.78 is 31.3. The lowest BCUT2D eigenvalue weighted by atomic mass is 9.67. The molecule has 0 heterocycles. The molecule has 0 saturated heterocycles. The van der Waals surface area contributed by atoms with Crippen LogP contribution >= 0.6 is 0 Å². The van der Waals surface area contributed by atoms with Crippen LogP contribution in [0.2, 0.25) is 0 Å². The number of Topliss-reactive ketones (excluding diaryl/α,β-unsaturated/α-hetero) is 1. The summed E-state index contributed by atoms with van der Waals surface area (Å²) >= 11 is 0. The molecule has 1 amide bonds. The van der Waals surface area contributed by atoms with Gasteiger partial charge in [-0.2, -0.15) is 0 Å². The summed E-state index contributed by atoms with van der Waals surface area (Å²) in [5, 5.41) is 2.23. The smallest absolute Gasteiger partial charge is 0.309 e. The van der Waals surface area contributed by atoms with Gasteiger partial charge in [0.2, 0.25) is 0 Å². The van der Waals surface area contributed by atoms with Gasteiger partial charge < -0.3 is 10.1 Å². The van der Waals surface area contributed by atoms with Crippen molar-refractivity contribution < 1.29 is 27.9 Å². The van der Waals surface area contributed by atoms with Crippen LogP contribution < -0.4 is 5.32 Å². The van der Waals surface area contributed by atoms with Gasteiger partial charge in [0.05, 0.1) is 11.6 Å². The van der Waals surface area contributed by atoms with E-state index in [2.05, 4.69) is 5.32 Å². The first-order chi connectivity index (χ1) is 11.9. The van der Waals surface area contributed by atoms with Gasteiger partial charge >= 0.3 is 5.97 Å². The molecule has 2 bridgehead atoms. The zero-order valence-electron chi connectivity index (χ0n) is 13.6. The molecule has 25 heavy (non-hydrogen) atoms. The molecule has 0 radical (unpaired) electrons. The van der Waals surface area contributed by atoms with Gasteiger partial charge in [0.15, 0.2) is 6.61 Å². The Balaban J connectivity index is 1.50. The second kappa shape index (κ2) is 7.29. The predicted octanol–water partition coefficient (Wildman–Crippen LogP) is 2.84. The highest BCUT2D eigenvalue weighted by Gasteiger charge is 2.41. The number of halogens is 2. The molecule has 2 aliphatic rings. The Morgan fingerprint density at radius 2 is 1.84 bits per heavy atom. The summed E-state index contributed by atoms with van der Waals surface area (Å²) in [7, 11) is 0. The Hall–Kier alpha value is -2.31. The van der Waals surface area contributed by atoms with Crippen LogP contribution in [-0.4, -0.2) is 24.3 Å². The Kier molecular flexibility index (Phi) is 5.11. The molecule has 0 spiro atoms. The van der Waals surface area contributed by atoms with Gasteiger partial charge in [-0.25, -0.2) is 8.78 Å². The molecular weight excluding hydrogens is 332 g/mol. The minimum absolute atomic E-state index is 0.0767. The lowest BCUT2D eigenvalue weighted by molar-refractivity contribution is -0.155. The second-order valence-corrected chi connectivity index (χ2v) is 6.68. The van der Waals surface area contributed by atoms with E-state index in [1.165, 1.54) is 0 Å². The summed E-state index contributed by atoms with van der Waals surface area (Å²) in [6.45, 7) is -0.546. The number of benzene rings is 1. The molecule has 0 aromatic heterocycles. The van der Waals surface area contributed by atoms with E-state index in [0.29, 0.717) is 18.9 Å². The Morgan fingerprint density at radius 1 is 1.16 bits per heavy atom. The number of ketones is 1. The standard InChI is InChI=1S/C18H19F2NO4/c19-13-4-5-15(14(20)8-13)21-16(22)9-25-18(24)12-6-10-2-1-3-11(7-12)17(10)23/h4-5,8,10-12H,1-3,6-7,9H2,(H,21,22)/t10-,11-/m1/s1. The summed E-state index contributed by atoms with van der Waals surface area (Å²) in [4.78, 5) is 36.0. The highest BCUT2D eigenvalue weighted by Crippen LogP contribution is 2.40. The van der Waals surface area contributed by atoms with Crippen LogP contribution in [0.25, 0.3) is 0 Å². The topological polar surface area (TPSA) is 72.5 Å². The monoisotopic (exact) mass is 351 g/mol. The number of anilines is 1. The molecule has 3 rings (SSSR count). The van der Waals surface area contributed by atoms with Crippen LogP contribution in [0.5, 0.6) is 0 Å². The van der Waals surface area contributed by atoms with Crippen molar-refractivity contribution in [3.8, 4) is 0 Å². The minimum atomic E-state index is -0.904. The fraction of sp³-hybridized carbons (Fsp3) is 0.500. The molecule has 5 nitrogen and oxygen atoms in total. The molecule has 2 saturated carbocycles. The van der Waals surface area contributed by atoms with Crippen LogP contribution in [0.15, 0.2) is 18.2 Å². The van der Waals surface area contributed by atoms with Crippen LogP contribution in [0.1, 0.15) is 32.1 Å². The van der Waals surface area contributed by atoms with E-state index in [9.17, 15) is 23.2 Å². The first kappa shape index (κ1) is 17.5. The second-order valence-electron chi connectivity index (χ2n) is 6.68. The zero-order valence-corrected chi connectivity index (χ0v) is 13.6. The van der Waals surface area contributed by atoms with Gasteiger partial charge in [-0.3, -0.25) is 14.4 Å². The number of nitrogens with one attached hydrogen (secondary N) is 1. The number of carbonyl (C=O) groups is 3. The average Bonchev–Trinajstić information content (AvgIpc) is 2.55. The maximum atomic E-state index is 13.5. The maximum absolute atomic E-state index is 13.5. The number of fused-ring (bicyclic) bond motifs is 2. The third kappa shape index (κ3) is 4.03. The molecule has 0 unspecified atom stereocenters. The predicted molar refractivity (Wildman–Crippen MR) is 84.5 cm³/mol. The Morgan fingerprint density at radius 3 is 2.48 bits per heavy atom. The summed E-state index contributed by atoms with van der Waals surface area (Å²) in [5.74, 6) is -3.13. The fourth-order valence-corrected chi connectivity index (χ4v) is 3.70. The Labute approximate surface area is 143 Å². The molecule has 1 aromatic rings. The zero-order chi connectivity index (χ0) is 18.0. The van der Waals surface area contributed by atoms with Crippen molar-refractivity contribution in [1.82, 2.24) is 0 Å². The van der Waals surface area contributed by atoms with Crippen molar-refractivity contribution >= 4 is 23.3 Å². The quantitative estimate of drug-likeness (QED) is 0.847. The molecule has 7 heteroatoms. The molecule has 134 valence electrons. The lowest BCUT2D eigenvalue weighted by Crippen LogP contribution is -2.40. The number of hydrogen-bond donors (Lipinski definition) is 1. The van der Waals surface area contributed by atoms with Gasteiger partial charge in [-0.05, 0) is 37.8 Å². The lowest BCUT2D eigenvalue weighted by Gasteiger charge is -2.36. The molecule has 2 fully saturated rings. The van der Waals surface area contributed by atoms with Crippen molar-refractivity contribution in [2.75, 3.05) is 11.9 Å². The number of rotatable bonds is 4. The summed E-state index contributed by atoms with van der Waals surface area (Å²) in [6.07, 6.45) is 3.58. The first-order valence-corrected chi connectivity index (χ1v) is 8.39. The van der Waals surface area contributed by atoms with Crippen molar-refractivity contribution in [3.63, 3.8) is 0 Å². The first-order valence-electron chi connectivity index (χ1n) is 8.39. The SMILES string of the molecule is O=C(COC(=O)C1C[C@H]2CCC[C@H](C1)C2=O)Nc1ccc(F)cc1F. The maximum Gasteiger partial charge on any atom is 0.309 e. The molecule has 2 aliphatic carbocycles. The van der Waals surface area contributed by atoms with Gasteiger partial charge in [-0.1, -0.05) is 6.42 Å². The van der Waals surface area contributed by atoms with Crippen molar-refractivity contribution in [2.24, 2.45) is 17.8 Å². The van der Waals surface area contributed by atoms with E-state index >= 15 is 0 Å². The average molecular weight is 351 g/mol. The fourth-order valence-electron chi connectivity index (χ4n) is 3.70. The van der Waals surface area contributed by atoms with Crippen LogP contribution in [0.4, 0.5) is 14.5 Å². The Bertz CT molecular complexity index is 690. The minimum Gasteiger partial charge on any atom is -0.455 e. The molecule has 1 N–H and O–H groups in total. The number of amides is 1. The van der Waals surface area contributed by atoms with Crippen molar-refractivity contribution in [3.05, 3.63) is 29.8 Å². The van der Waals surface area contributed by atoms with E-state index in [1.54, 1.807) is 0 Å². The molecule has 2 atom stereocenters. The number of carbonyl (C=O) groups excluding carboxylic acids is 3. The van der Waals surface area contributed by atoms with E-state index in [4.69, 9.17) is 4.74 Å². The van der Waals surface area contributed by atoms with Gasteiger partial charge in [0, 0.05) is 17.9 Å². The molecular formula is C18H19F2NO4. The highest BCUT2D eigenvalue weighted by molar-refractivity contribution is 5.93. The third-order valence-corrected chi connectivity index (χ3v) is 4.93. The van der Waals surface area contributed by atoms with E-state index in [-0.39, 0.29) is 29.2 Å². The summed E-state index contributed by atoms with van der Waals surface area (Å²) in [6, 6.07) is 2.76. The molecule has 1 aromatic carbocycles. The largest absolute Gasteiger partial charge is 0.455 e.